The van der Waals surface area contributed by atoms with Gasteiger partial charge in [0.25, 0.3) is 0 Å². The zero-order valence-corrected chi connectivity index (χ0v) is 14.1. The quantitative estimate of drug-likeness (QED) is 0.915. The number of halogens is 1. The number of anilines is 1. The molecule has 0 radical (unpaired) electrons. The first-order valence-corrected chi connectivity index (χ1v) is 8.10. The van der Waals surface area contributed by atoms with E-state index in [4.69, 9.17) is 21.1 Å². The molecule has 1 unspecified atom stereocenters. The lowest BCUT2D eigenvalue weighted by Gasteiger charge is -2.33. The molecule has 0 aromatic heterocycles. The van der Waals surface area contributed by atoms with Gasteiger partial charge < -0.3 is 19.7 Å². The molecular formula is C18H19ClN2O3. The Bertz CT molecular complexity index is 706. The zero-order valence-electron chi connectivity index (χ0n) is 13.4. The van der Waals surface area contributed by atoms with Gasteiger partial charge in [0.15, 0.2) is 0 Å². The Balaban J connectivity index is 1.64. The van der Waals surface area contributed by atoms with Crippen LogP contribution in [0.15, 0.2) is 48.5 Å². The zero-order chi connectivity index (χ0) is 16.9. The van der Waals surface area contributed by atoms with E-state index in [1.807, 2.05) is 30.3 Å². The Kier molecular flexibility index (Phi) is 5.23. The Morgan fingerprint density at radius 1 is 1.29 bits per heavy atom. The molecule has 0 bridgehead atoms. The van der Waals surface area contributed by atoms with Crippen LogP contribution in [0.1, 0.15) is 11.7 Å². The van der Waals surface area contributed by atoms with Crippen molar-refractivity contribution in [2.24, 2.45) is 0 Å². The summed E-state index contributed by atoms with van der Waals surface area (Å²) < 4.78 is 11.0. The number of rotatable bonds is 3. The van der Waals surface area contributed by atoms with Crippen molar-refractivity contribution < 1.29 is 14.3 Å². The van der Waals surface area contributed by atoms with Crippen molar-refractivity contribution in [3.8, 4) is 5.75 Å². The largest absolute Gasteiger partial charge is 0.497 e. The summed E-state index contributed by atoms with van der Waals surface area (Å²) in [5, 5.41) is 3.46. The molecule has 2 aromatic rings. The minimum absolute atomic E-state index is 0.144. The molecule has 1 heterocycles. The summed E-state index contributed by atoms with van der Waals surface area (Å²) in [4.78, 5) is 14.2. The van der Waals surface area contributed by atoms with Crippen LogP contribution in [-0.2, 0) is 4.74 Å². The highest BCUT2D eigenvalue weighted by atomic mass is 35.5. The van der Waals surface area contributed by atoms with Crippen LogP contribution in [0.5, 0.6) is 5.75 Å². The molecule has 1 fully saturated rings. The number of ether oxygens (including phenoxy) is 2. The molecular weight excluding hydrogens is 328 g/mol. The van der Waals surface area contributed by atoms with Crippen LogP contribution >= 0.6 is 11.6 Å². The summed E-state index contributed by atoms with van der Waals surface area (Å²) in [6.07, 6.45) is -0.144. The summed E-state index contributed by atoms with van der Waals surface area (Å²) >= 11 is 5.95. The van der Waals surface area contributed by atoms with E-state index in [1.165, 1.54) is 0 Å². The number of urea groups is 1. The normalized spacial score (nSPS) is 17.4. The van der Waals surface area contributed by atoms with E-state index in [1.54, 1.807) is 30.2 Å². The Labute approximate surface area is 146 Å². The van der Waals surface area contributed by atoms with Crippen LogP contribution in [0.4, 0.5) is 10.5 Å². The van der Waals surface area contributed by atoms with Crippen molar-refractivity contribution in [2.75, 3.05) is 32.1 Å². The minimum Gasteiger partial charge on any atom is -0.497 e. The number of hydrogen-bond acceptors (Lipinski definition) is 3. The molecule has 2 amide bonds. The maximum atomic E-state index is 12.5. The summed E-state index contributed by atoms with van der Waals surface area (Å²) in [6, 6.07) is 14.7. The predicted molar refractivity (Wildman–Crippen MR) is 93.7 cm³/mol. The Morgan fingerprint density at radius 3 is 2.79 bits per heavy atom. The lowest BCUT2D eigenvalue weighted by molar-refractivity contribution is -0.0135. The monoisotopic (exact) mass is 346 g/mol. The predicted octanol–water partition coefficient (Wildman–Crippen LogP) is 3.95. The van der Waals surface area contributed by atoms with E-state index in [0.29, 0.717) is 30.4 Å². The van der Waals surface area contributed by atoms with Gasteiger partial charge in [-0.2, -0.15) is 0 Å². The van der Waals surface area contributed by atoms with Gasteiger partial charge in [0.05, 0.1) is 20.3 Å². The molecule has 0 aliphatic carbocycles. The molecule has 2 aromatic carbocycles. The highest BCUT2D eigenvalue weighted by Gasteiger charge is 2.25. The van der Waals surface area contributed by atoms with Gasteiger partial charge in [0.1, 0.15) is 11.9 Å². The number of nitrogens with zero attached hydrogens (tertiary/aromatic N) is 1. The number of nitrogens with one attached hydrogen (secondary N) is 1. The standard InChI is InChI=1S/C18H19ClN2O3/c1-23-16-7-5-13(6-8-16)17-12-21(9-10-24-17)18(22)20-15-4-2-3-14(19)11-15/h2-8,11,17H,9-10,12H2,1H3,(H,20,22). The van der Waals surface area contributed by atoms with Crippen LogP contribution < -0.4 is 10.1 Å². The first kappa shape index (κ1) is 16.6. The second-order valence-corrected chi connectivity index (χ2v) is 5.96. The maximum absolute atomic E-state index is 12.5. The van der Waals surface area contributed by atoms with E-state index in [0.717, 1.165) is 11.3 Å². The van der Waals surface area contributed by atoms with Gasteiger partial charge in [-0.15, -0.1) is 0 Å². The molecule has 3 rings (SSSR count). The number of benzene rings is 2. The molecule has 1 aliphatic rings. The second-order valence-electron chi connectivity index (χ2n) is 5.52. The molecule has 1 atom stereocenters. The molecule has 126 valence electrons. The van der Waals surface area contributed by atoms with Gasteiger partial charge in [0, 0.05) is 17.3 Å². The number of amides is 2. The third-order valence-corrected chi connectivity index (χ3v) is 4.15. The fourth-order valence-electron chi connectivity index (χ4n) is 2.62. The van der Waals surface area contributed by atoms with Crippen molar-refractivity contribution >= 4 is 23.3 Å². The summed E-state index contributed by atoms with van der Waals surface area (Å²) in [6.45, 7) is 1.55. The summed E-state index contributed by atoms with van der Waals surface area (Å²) in [7, 11) is 1.63. The molecule has 1 aliphatic heterocycles. The number of carbonyl (C=O) groups is 1. The Morgan fingerprint density at radius 2 is 2.08 bits per heavy atom. The van der Waals surface area contributed by atoms with Gasteiger partial charge in [-0.1, -0.05) is 29.8 Å². The van der Waals surface area contributed by atoms with Gasteiger partial charge in [-0.05, 0) is 35.9 Å². The van der Waals surface area contributed by atoms with E-state index in [9.17, 15) is 4.79 Å². The lowest BCUT2D eigenvalue weighted by Crippen LogP contribution is -2.44. The molecule has 1 N–H and O–H groups in total. The van der Waals surface area contributed by atoms with E-state index in [-0.39, 0.29) is 12.1 Å². The third kappa shape index (κ3) is 3.99. The van der Waals surface area contributed by atoms with Crippen molar-refractivity contribution in [1.82, 2.24) is 4.90 Å². The topological polar surface area (TPSA) is 50.8 Å². The fraction of sp³-hybridized carbons (Fsp3) is 0.278. The molecule has 5 nitrogen and oxygen atoms in total. The first-order valence-electron chi connectivity index (χ1n) is 7.73. The van der Waals surface area contributed by atoms with E-state index in [2.05, 4.69) is 5.32 Å². The molecule has 0 spiro atoms. The van der Waals surface area contributed by atoms with Crippen LogP contribution in [-0.4, -0.2) is 37.7 Å². The number of hydrogen-bond donors (Lipinski definition) is 1. The second kappa shape index (κ2) is 7.55. The van der Waals surface area contributed by atoms with Gasteiger partial charge in [-0.3, -0.25) is 0 Å². The van der Waals surface area contributed by atoms with Crippen molar-refractivity contribution in [1.29, 1.82) is 0 Å². The molecule has 0 saturated carbocycles. The number of methoxy groups -OCH3 is 1. The smallest absolute Gasteiger partial charge is 0.322 e. The number of morpholine rings is 1. The average molecular weight is 347 g/mol. The van der Waals surface area contributed by atoms with Crippen molar-refractivity contribution in [3.63, 3.8) is 0 Å². The van der Waals surface area contributed by atoms with Crippen molar-refractivity contribution in [2.45, 2.75) is 6.10 Å². The van der Waals surface area contributed by atoms with Crippen molar-refractivity contribution in [3.05, 3.63) is 59.1 Å². The Hall–Kier alpha value is -2.24. The highest BCUT2D eigenvalue weighted by Crippen LogP contribution is 2.25. The summed E-state index contributed by atoms with van der Waals surface area (Å²) in [5.74, 6) is 0.796. The molecule has 1 saturated heterocycles. The minimum atomic E-state index is -0.154. The van der Waals surface area contributed by atoms with Crippen LogP contribution in [0, 0.1) is 0 Å². The van der Waals surface area contributed by atoms with Crippen LogP contribution in [0.25, 0.3) is 0 Å². The van der Waals surface area contributed by atoms with E-state index >= 15 is 0 Å². The van der Waals surface area contributed by atoms with Gasteiger partial charge in [-0.25, -0.2) is 4.79 Å². The highest BCUT2D eigenvalue weighted by molar-refractivity contribution is 6.30. The fourth-order valence-corrected chi connectivity index (χ4v) is 2.81. The van der Waals surface area contributed by atoms with E-state index < -0.39 is 0 Å². The maximum Gasteiger partial charge on any atom is 0.322 e. The average Bonchev–Trinajstić information content (AvgIpc) is 2.62. The van der Waals surface area contributed by atoms with Gasteiger partial charge in [0.2, 0.25) is 0 Å². The first-order chi connectivity index (χ1) is 11.7. The van der Waals surface area contributed by atoms with Crippen LogP contribution in [0.3, 0.4) is 0 Å². The number of carbonyl (C=O) groups excluding carboxylic acids is 1. The molecule has 6 heteroatoms. The molecule has 24 heavy (non-hydrogen) atoms. The summed E-state index contributed by atoms with van der Waals surface area (Å²) in [5.41, 5.74) is 1.70. The van der Waals surface area contributed by atoms with Crippen LogP contribution in [0.2, 0.25) is 5.02 Å². The third-order valence-electron chi connectivity index (χ3n) is 3.92. The SMILES string of the molecule is COc1ccc(C2CN(C(=O)Nc3cccc(Cl)c3)CCO2)cc1. The van der Waals surface area contributed by atoms with Gasteiger partial charge >= 0.3 is 6.03 Å². The lowest BCUT2D eigenvalue weighted by atomic mass is 10.1.